The summed E-state index contributed by atoms with van der Waals surface area (Å²) < 4.78 is 5.15. The number of amides is 2. The van der Waals surface area contributed by atoms with E-state index in [1.807, 2.05) is 33.8 Å². The van der Waals surface area contributed by atoms with Crippen LogP contribution in [0.3, 0.4) is 0 Å². The normalized spacial score (nSPS) is 17.9. The van der Waals surface area contributed by atoms with Gasteiger partial charge in [0.2, 0.25) is 11.8 Å². The summed E-state index contributed by atoms with van der Waals surface area (Å²) in [4.78, 5) is 41.8. The van der Waals surface area contributed by atoms with Gasteiger partial charge in [-0.05, 0) is 64.7 Å². The molecule has 7 heteroatoms. The predicted octanol–water partition coefficient (Wildman–Crippen LogP) is 4.99. The fourth-order valence-corrected chi connectivity index (χ4v) is 5.23. The molecule has 1 aliphatic carbocycles. The van der Waals surface area contributed by atoms with Gasteiger partial charge in [0.05, 0.1) is 18.2 Å². The molecule has 0 aromatic rings. The van der Waals surface area contributed by atoms with Gasteiger partial charge in [-0.15, -0.1) is 0 Å². The van der Waals surface area contributed by atoms with Crippen LogP contribution in [0.25, 0.3) is 0 Å². The van der Waals surface area contributed by atoms with Crippen molar-refractivity contribution in [3.8, 4) is 0 Å². The van der Waals surface area contributed by atoms with Crippen LogP contribution in [0.1, 0.15) is 107 Å². The molecule has 3 unspecified atom stereocenters. The van der Waals surface area contributed by atoms with Gasteiger partial charge in [-0.25, -0.2) is 4.79 Å². The second kappa shape index (κ2) is 15.4. The maximum atomic E-state index is 14.0. The molecule has 0 bridgehead atoms. The number of carbonyl (C=O) groups is 3. The standard InChI is InChI=1S/C29H53N3O4/c1-10-22(8)31-29(11-2,12-3)28(35)30-25(23-17-15-14-16-18-23)26(33)32(9)24(20(5)6)19-21(7)27(34)36-13-4/h19-20,22-25,31H,10-18H2,1-9H3,(H,30,35)/b21-19+. The second-order valence-corrected chi connectivity index (χ2v) is 10.8. The Bertz CT molecular complexity index is 739. The van der Waals surface area contributed by atoms with Crippen LogP contribution < -0.4 is 10.6 Å². The van der Waals surface area contributed by atoms with E-state index in [0.29, 0.717) is 25.0 Å². The Morgan fingerprint density at radius 1 is 1.03 bits per heavy atom. The first kappa shape index (κ1) is 32.1. The van der Waals surface area contributed by atoms with Gasteiger partial charge in [0.1, 0.15) is 6.04 Å². The number of esters is 1. The average Bonchev–Trinajstić information content (AvgIpc) is 2.88. The molecule has 0 saturated heterocycles. The largest absolute Gasteiger partial charge is 0.463 e. The summed E-state index contributed by atoms with van der Waals surface area (Å²) in [5.74, 6) is -0.358. The van der Waals surface area contributed by atoms with Crippen molar-refractivity contribution in [1.82, 2.24) is 15.5 Å². The first-order chi connectivity index (χ1) is 17.0. The predicted molar refractivity (Wildman–Crippen MR) is 146 cm³/mol. The van der Waals surface area contributed by atoms with Gasteiger partial charge in [0.15, 0.2) is 0 Å². The molecule has 7 nitrogen and oxygen atoms in total. The molecule has 0 heterocycles. The highest BCUT2D eigenvalue weighted by Gasteiger charge is 2.41. The molecule has 2 N–H and O–H groups in total. The molecule has 0 aromatic heterocycles. The van der Waals surface area contributed by atoms with Crippen molar-refractivity contribution in [3.63, 3.8) is 0 Å². The Labute approximate surface area is 220 Å². The van der Waals surface area contributed by atoms with Crippen molar-refractivity contribution >= 4 is 17.8 Å². The third kappa shape index (κ3) is 8.60. The van der Waals surface area contributed by atoms with Crippen molar-refractivity contribution in [2.24, 2.45) is 11.8 Å². The van der Waals surface area contributed by atoms with E-state index in [4.69, 9.17) is 4.74 Å². The lowest BCUT2D eigenvalue weighted by molar-refractivity contribution is -0.141. The van der Waals surface area contributed by atoms with Gasteiger partial charge in [-0.1, -0.05) is 60.0 Å². The minimum Gasteiger partial charge on any atom is -0.463 e. The molecule has 0 aliphatic heterocycles. The molecule has 0 aromatic carbocycles. The quantitative estimate of drug-likeness (QED) is 0.255. The van der Waals surface area contributed by atoms with E-state index in [2.05, 4.69) is 24.5 Å². The third-order valence-electron chi connectivity index (χ3n) is 7.95. The third-order valence-corrected chi connectivity index (χ3v) is 7.95. The molecule has 1 rings (SSSR count). The number of hydrogen-bond donors (Lipinski definition) is 2. The highest BCUT2D eigenvalue weighted by Crippen LogP contribution is 2.29. The highest BCUT2D eigenvalue weighted by molar-refractivity contribution is 5.93. The zero-order chi connectivity index (χ0) is 27.5. The summed E-state index contributed by atoms with van der Waals surface area (Å²) in [7, 11) is 1.79. The van der Waals surface area contributed by atoms with E-state index in [1.54, 1.807) is 25.8 Å². The number of likely N-dealkylation sites (N-methyl/N-ethyl adjacent to an activating group) is 1. The minimum absolute atomic E-state index is 0.0866. The summed E-state index contributed by atoms with van der Waals surface area (Å²) in [6.45, 7) is 16.1. The molecular formula is C29H53N3O4. The molecule has 2 amide bonds. The van der Waals surface area contributed by atoms with Gasteiger partial charge >= 0.3 is 5.97 Å². The Balaban J connectivity index is 3.30. The van der Waals surface area contributed by atoms with Crippen LogP contribution in [-0.2, 0) is 19.1 Å². The van der Waals surface area contributed by atoms with Gasteiger partial charge in [-0.3, -0.25) is 9.59 Å². The monoisotopic (exact) mass is 507 g/mol. The lowest BCUT2D eigenvalue weighted by atomic mass is 9.82. The van der Waals surface area contributed by atoms with Gasteiger partial charge in [0.25, 0.3) is 0 Å². The molecule has 1 saturated carbocycles. The lowest BCUT2D eigenvalue weighted by Crippen LogP contribution is -2.63. The Hall–Kier alpha value is -1.89. The van der Waals surface area contributed by atoms with E-state index < -0.39 is 11.6 Å². The van der Waals surface area contributed by atoms with Crippen LogP contribution in [0, 0.1) is 11.8 Å². The molecule has 36 heavy (non-hydrogen) atoms. The van der Waals surface area contributed by atoms with Crippen LogP contribution in [0.5, 0.6) is 0 Å². The number of ether oxygens (including phenoxy) is 1. The molecular weight excluding hydrogens is 454 g/mol. The van der Waals surface area contributed by atoms with Crippen molar-refractivity contribution in [2.75, 3.05) is 13.7 Å². The number of carbonyl (C=O) groups excluding carboxylic acids is 3. The Kier molecular flexibility index (Phi) is 13.7. The molecule has 0 radical (unpaired) electrons. The summed E-state index contributed by atoms with van der Waals surface area (Å²) >= 11 is 0. The van der Waals surface area contributed by atoms with E-state index >= 15 is 0 Å². The van der Waals surface area contributed by atoms with Crippen molar-refractivity contribution < 1.29 is 19.1 Å². The molecule has 3 atom stereocenters. The van der Waals surface area contributed by atoms with Gasteiger partial charge in [0, 0.05) is 18.7 Å². The maximum Gasteiger partial charge on any atom is 0.333 e. The summed E-state index contributed by atoms with van der Waals surface area (Å²) in [6.07, 6.45) is 9.22. The highest BCUT2D eigenvalue weighted by atomic mass is 16.5. The van der Waals surface area contributed by atoms with E-state index in [0.717, 1.165) is 32.1 Å². The molecule has 1 aliphatic rings. The van der Waals surface area contributed by atoms with E-state index in [-0.39, 0.29) is 41.7 Å². The SMILES string of the molecule is CCOC(=O)/C(C)=C/C(C(C)C)N(C)C(=O)C(NC(=O)C(CC)(CC)NC(C)CC)C1CCCCC1. The van der Waals surface area contributed by atoms with Crippen LogP contribution in [0.2, 0.25) is 0 Å². The number of nitrogens with zero attached hydrogens (tertiary/aromatic N) is 1. The smallest absolute Gasteiger partial charge is 0.333 e. The number of hydrogen-bond acceptors (Lipinski definition) is 5. The summed E-state index contributed by atoms with van der Waals surface area (Å²) in [5.41, 5.74) is -0.221. The zero-order valence-electron chi connectivity index (χ0n) is 24.4. The van der Waals surface area contributed by atoms with Crippen molar-refractivity contribution in [1.29, 1.82) is 0 Å². The van der Waals surface area contributed by atoms with Gasteiger partial charge in [-0.2, -0.15) is 0 Å². The average molecular weight is 508 g/mol. The Morgan fingerprint density at radius 3 is 2.08 bits per heavy atom. The topological polar surface area (TPSA) is 87.7 Å². The molecule has 1 fully saturated rings. The lowest BCUT2D eigenvalue weighted by Gasteiger charge is -2.40. The fraction of sp³-hybridized carbons (Fsp3) is 0.828. The molecule has 208 valence electrons. The number of nitrogens with one attached hydrogen (secondary N) is 2. The van der Waals surface area contributed by atoms with Crippen LogP contribution in [0.15, 0.2) is 11.6 Å². The Morgan fingerprint density at radius 2 is 1.61 bits per heavy atom. The second-order valence-electron chi connectivity index (χ2n) is 10.8. The van der Waals surface area contributed by atoms with Crippen LogP contribution in [0.4, 0.5) is 0 Å². The first-order valence-electron chi connectivity index (χ1n) is 14.2. The molecule has 0 spiro atoms. The summed E-state index contributed by atoms with van der Waals surface area (Å²) in [6, 6.07) is -0.676. The van der Waals surface area contributed by atoms with Crippen LogP contribution >= 0.6 is 0 Å². The van der Waals surface area contributed by atoms with Gasteiger partial charge < -0.3 is 20.3 Å². The number of rotatable bonds is 14. The van der Waals surface area contributed by atoms with Crippen molar-refractivity contribution in [3.05, 3.63) is 11.6 Å². The fourth-order valence-electron chi connectivity index (χ4n) is 5.23. The first-order valence-corrected chi connectivity index (χ1v) is 14.2. The summed E-state index contributed by atoms with van der Waals surface area (Å²) in [5, 5.41) is 6.77. The van der Waals surface area contributed by atoms with Crippen molar-refractivity contribution in [2.45, 2.75) is 130 Å². The van der Waals surface area contributed by atoms with E-state index in [1.165, 1.54) is 6.42 Å². The van der Waals surface area contributed by atoms with Crippen LogP contribution in [-0.4, -0.2) is 60.0 Å². The zero-order valence-corrected chi connectivity index (χ0v) is 24.4. The van der Waals surface area contributed by atoms with E-state index in [9.17, 15) is 14.4 Å². The minimum atomic E-state index is -0.709. The maximum absolute atomic E-state index is 14.0.